The Kier molecular flexibility index (Phi) is 11.4. The summed E-state index contributed by atoms with van der Waals surface area (Å²) >= 11 is 7.99. The van der Waals surface area contributed by atoms with Gasteiger partial charge in [0, 0.05) is 16.3 Å². The Morgan fingerprint density at radius 3 is 2.36 bits per heavy atom. The highest BCUT2D eigenvalue weighted by atomic mass is 35.5. The van der Waals surface area contributed by atoms with E-state index in [0.717, 1.165) is 35.2 Å². The number of carbonyl (C=O) groups excluding carboxylic acids is 1. The van der Waals surface area contributed by atoms with E-state index in [-0.39, 0.29) is 11.7 Å². The molecule has 0 aliphatic heterocycles. The lowest BCUT2D eigenvalue weighted by atomic mass is 10.0. The van der Waals surface area contributed by atoms with E-state index in [9.17, 15) is 9.18 Å². The van der Waals surface area contributed by atoms with Crippen LogP contribution in [0.4, 0.5) is 4.39 Å². The van der Waals surface area contributed by atoms with Crippen molar-refractivity contribution in [3.05, 3.63) is 142 Å². The fourth-order valence-electron chi connectivity index (χ4n) is 5.26. The summed E-state index contributed by atoms with van der Waals surface area (Å²) in [5.74, 6) is 0.723. The Hall–Kier alpha value is -3.94. The van der Waals surface area contributed by atoms with Gasteiger partial charge in [0.05, 0.1) is 11.7 Å². The summed E-state index contributed by atoms with van der Waals surface area (Å²) in [4.78, 5) is 13.7. The molecule has 0 aliphatic rings. The van der Waals surface area contributed by atoms with Gasteiger partial charge in [0.15, 0.2) is 11.0 Å². The minimum atomic E-state index is -0.486. The highest BCUT2D eigenvalue weighted by molar-refractivity contribution is 7.98. The molecule has 1 N–H and O–H groups in total. The molecule has 0 radical (unpaired) electrons. The van der Waals surface area contributed by atoms with Crippen molar-refractivity contribution in [2.45, 2.75) is 69.3 Å². The van der Waals surface area contributed by atoms with Crippen LogP contribution in [0.3, 0.4) is 0 Å². The van der Waals surface area contributed by atoms with Crippen molar-refractivity contribution in [1.82, 2.24) is 20.1 Å². The molecule has 4 aromatic carbocycles. The number of unbranched alkanes of at least 4 members (excludes halogenated alkanes) is 3. The molecule has 1 atom stereocenters. The Bertz CT molecular complexity index is 1690. The van der Waals surface area contributed by atoms with Gasteiger partial charge in [-0.3, -0.25) is 9.36 Å². The predicted octanol–water partition coefficient (Wildman–Crippen LogP) is 9.50. The predicted molar refractivity (Wildman–Crippen MR) is 182 cm³/mol. The molecule has 0 saturated heterocycles. The molecule has 0 spiro atoms. The molecule has 232 valence electrons. The molecule has 5 nitrogen and oxygen atoms in total. The first-order chi connectivity index (χ1) is 21.9. The molecule has 0 fully saturated rings. The lowest BCUT2D eigenvalue weighted by Crippen LogP contribution is -2.32. The normalized spacial score (nSPS) is 11.8. The quantitative estimate of drug-likeness (QED) is 0.0970. The molecular formula is C37H38ClFN4OS. The molecule has 8 heteroatoms. The lowest BCUT2D eigenvalue weighted by molar-refractivity contribution is 0.0934. The number of hydrogen-bond donors (Lipinski definition) is 1. The maximum Gasteiger partial charge on any atom is 0.251 e. The average Bonchev–Trinajstić information content (AvgIpc) is 3.48. The molecule has 1 unspecified atom stereocenters. The summed E-state index contributed by atoms with van der Waals surface area (Å²) in [5.41, 5.74) is 5.68. The van der Waals surface area contributed by atoms with Crippen LogP contribution >= 0.6 is 23.4 Å². The summed E-state index contributed by atoms with van der Waals surface area (Å²) < 4.78 is 15.5. The lowest BCUT2D eigenvalue weighted by Gasteiger charge is -2.21. The molecule has 0 saturated carbocycles. The zero-order valence-electron chi connectivity index (χ0n) is 25.7. The van der Waals surface area contributed by atoms with Gasteiger partial charge in [0.2, 0.25) is 0 Å². The molecule has 45 heavy (non-hydrogen) atoms. The molecular weight excluding hydrogens is 603 g/mol. The van der Waals surface area contributed by atoms with Crippen LogP contribution in [0.15, 0.2) is 102 Å². The zero-order valence-corrected chi connectivity index (χ0v) is 27.3. The van der Waals surface area contributed by atoms with Crippen molar-refractivity contribution in [2.75, 3.05) is 0 Å². The van der Waals surface area contributed by atoms with Crippen molar-refractivity contribution in [3.63, 3.8) is 0 Å². The average molecular weight is 641 g/mol. The van der Waals surface area contributed by atoms with Crippen molar-refractivity contribution in [2.24, 2.45) is 0 Å². The summed E-state index contributed by atoms with van der Waals surface area (Å²) in [6.45, 7) is 4.23. The highest BCUT2D eigenvalue weighted by Gasteiger charge is 2.26. The monoisotopic (exact) mass is 640 g/mol. The van der Waals surface area contributed by atoms with Crippen LogP contribution in [0.25, 0.3) is 5.69 Å². The number of amides is 1. The van der Waals surface area contributed by atoms with Gasteiger partial charge in [0.25, 0.3) is 5.91 Å². The summed E-state index contributed by atoms with van der Waals surface area (Å²) in [6.07, 6.45) is 6.36. The fraction of sp³-hybridized carbons (Fsp3) is 0.270. The number of rotatable bonds is 14. The number of nitrogens with zero attached hydrogens (tertiary/aromatic N) is 3. The second-order valence-corrected chi connectivity index (χ2v) is 12.6. The van der Waals surface area contributed by atoms with Crippen molar-refractivity contribution < 1.29 is 9.18 Å². The third kappa shape index (κ3) is 8.83. The summed E-state index contributed by atoms with van der Waals surface area (Å²) in [7, 11) is 0. The SMILES string of the molecule is CCCCCCc1ccc(C(=O)NC(Cc2ccccc2)c2nnc(SCc3ccc(F)cc3)n2-c2cc(Cl)ccc2C)cc1. The van der Waals surface area contributed by atoms with E-state index in [0.29, 0.717) is 33.7 Å². The third-order valence-corrected chi connectivity index (χ3v) is 9.02. The van der Waals surface area contributed by atoms with E-state index in [1.165, 1.54) is 48.7 Å². The minimum Gasteiger partial charge on any atom is -0.342 e. The molecule has 1 amide bonds. The van der Waals surface area contributed by atoms with Gasteiger partial charge < -0.3 is 5.32 Å². The molecule has 0 bridgehead atoms. The Morgan fingerprint density at radius 2 is 1.62 bits per heavy atom. The van der Waals surface area contributed by atoms with Crippen molar-refractivity contribution >= 4 is 29.3 Å². The number of aromatic nitrogens is 3. The summed E-state index contributed by atoms with van der Waals surface area (Å²) in [5, 5.41) is 13.8. The second kappa shape index (κ2) is 15.9. The largest absolute Gasteiger partial charge is 0.342 e. The van der Waals surface area contributed by atoms with Gasteiger partial charge in [0.1, 0.15) is 5.82 Å². The minimum absolute atomic E-state index is 0.175. The highest BCUT2D eigenvalue weighted by Crippen LogP contribution is 2.32. The zero-order chi connectivity index (χ0) is 31.6. The first-order valence-electron chi connectivity index (χ1n) is 15.4. The van der Waals surface area contributed by atoms with Crippen molar-refractivity contribution in [3.8, 4) is 5.69 Å². The number of hydrogen-bond acceptors (Lipinski definition) is 4. The van der Waals surface area contributed by atoms with Gasteiger partial charge in [-0.05, 0) is 84.8 Å². The molecule has 1 aromatic heterocycles. The maximum absolute atomic E-state index is 13.7. The second-order valence-electron chi connectivity index (χ2n) is 11.2. The van der Waals surface area contributed by atoms with E-state index in [1.807, 2.05) is 72.2 Å². The first kappa shape index (κ1) is 32.5. The maximum atomic E-state index is 13.7. The molecule has 0 aliphatic carbocycles. The number of aryl methyl sites for hydroxylation is 2. The van der Waals surface area contributed by atoms with E-state index >= 15 is 0 Å². The van der Waals surface area contributed by atoms with E-state index in [4.69, 9.17) is 11.6 Å². The number of thioether (sulfide) groups is 1. The van der Waals surface area contributed by atoms with Gasteiger partial charge in [-0.2, -0.15) is 0 Å². The topological polar surface area (TPSA) is 59.8 Å². The van der Waals surface area contributed by atoms with Gasteiger partial charge >= 0.3 is 0 Å². The van der Waals surface area contributed by atoms with Gasteiger partial charge in [-0.25, -0.2) is 4.39 Å². The van der Waals surface area contributed by atoms with Crippen LogP contribution in [0.2, 0.25) is 5.02 Å². The number of halogens is 2. The Balaban J connectivity index is 1.47. The fourth-order valence-corrected chi connectivity index (χ4v) is 6.33. The van der Waals surface area contributed by atoms with Crippen LogP contribution in [-0.4, -0.2) is 20.7 Å². The van der Waals surface area contributed by atoms with Gasteiger partial charge in [-0.15, -0.1) is 10.2 Å². The van der Waals surface area contributed by atoms with Crippen LogP contribution in [0.5, 0.6) is 0 Å². The third-order valence-electron chi connectivity index (χ3n) is 7.79. The van der Waals surface area contributed by atoms with E-state index < -0.39 is 6.04 Å². The van der Waals surface area contributed by atoms with Crippen LogP contribution in [-0.2, 0) is 18.6 Å². The summed E-state index contributed by atoms with van der Waals surface area (Å²) in [6, 6.07) is 29.6. The molecule has 1 heterocycles. The number of benzene rings is 4. The van der Waals surface area contributed by atoms with E-state index in [1.54, 1.807) is 12.1 Å². The smallest absolute Gasteiger partial charge is 0.251 e. The molecule has 5 aromatic rings. The first-order valence-corrected chi connectivity index (χ1v) is 16.8. The van der Waals surface area contributed by atoms with Crippen LogP contribution < -0.4 is 5.32 Å². The van der Waals surface area contributed by atoms with Gasteiger partial charge in [-0.1, -0.05) is 110 Å². The van der Waals surface area contributed by atoms with Crippen LogP contribution in [0.1, 0.15) is 77.1 Å². The van der Waals surface area contributed by atoms with Crippen LogP contribution in [0, 0.1) is 12.7 Å². The number of carbonyl (C=O) groups is 1. The number of nitrogens with one attached hydrogen (secondary N) is 1. The van der Waals surface area contributed by atoms with E-state index in [2.05, 4.69) is 34.6 Å². The Labute approximate surface area is 274 Å². The Morgan fingerprint density at radius 1 is 0.889 bits per heavy atom. The molecule has 5 rings (SSSR count). The standard InChI is InChI=1S/C37H38ClFN4OS/c1-3-4-5-7-10-27-14-18-30(19-15-27)36(44)40-33(23-28-11-8-6-9-12-28)35-41-42-37(45-25-29-16-21-32(39)22-17-29)43(35)34-24-31(38)20-13-26(34)2/h6,8-9,11-22,24,33H,3-5,7,10,23,25H2,1-2H3,(H,40,44). The van der Waals surface area contributed by atoms with Crippen molar-refractivity contribution in [1.29, 1.82) is 0 Å².